The molecule has 2 N–H and O–H groups in total. The molecule has 8 heteroatoms. The van der Waals surface area contributed by atoms with E-state index in [9.17, 15) is 4.39 Å². The molecule has 0 bridgehead atoms. The summed E-state index contributed by atoms with van der Waals surface area (Å²) in [5.41, 5.74) is 1.71. The second-order valence-electron chi connectivity index (χ2n) is 6.52. The Hall–Kier alpha value is -3.16. The monoisotopic (exact) mass is 419 g/mol. The maximum atomic E-state index is 14.0. The maximum absolute atomic E-state index is 14.0. The van der Waals surface area contributed by atoms with Crippen LogP contribution in [-0.2, 0) is 6.42 Å². The number of ether oxygens (including phenoxy) is 4. The Morgan fingerprint density at radius 2 is 1.60 bits per heavy atom. The first-order chi connectivity index (χ1) is 14.5. The third-order valence-corrected chi connectivity index (χ3v) is 4.74. The predicted molar refractivity (Wildman–Crippen MR) is 116 cm³/mol. The average molecular weight is 419 g/mol. The van der Waals surface area contributed by atoms with E-state index >= 15 is 0 Å². The summed E-state index contributed by atoms with van der Waals surface area (Å²) < 4.78 is 35.2. The number of rotatable bonds is 9. The fraction of sp³-hybridized carbons (Fsp3) is 0.409. The minimum atomic E-state index is -0.398. The molecule has 0 aliphatic rings. The van der Waals surface area contributed by atoms with E-state index in [-0.39, 0.29) is 11.8 Å². The number of halogens is 1. The lowest BCUT2D eigenvalue weighted by atomic mass is 10.1. The number of hydrogen-bond acceptors (Lipinski definition) is 5. The van der Waals surface area contributed by atoms with Gasteiger partial charge < -0.3 is 29.6 Å². The minimum absolute atomic E-state index is 0.151. The second-order valence-corrected chi connectivity index (χ2v) is 6.52. The normalized spacial score (nSPS) is 12.2. The van der Waals surface area contributed by atoms with Crippen LogP contribution >= 0.6 is 0 Å². The van der Waals surface area contributed by atoms with Crippen LogP contribution in [0.15, 0.2) is 35.3 Å². The number of aliphatic imine (C=N–C) groups is 1. The fourth-order valence-electron chi connectivity index (χ4n) is 3.07. The van der Waals surface area contributed by atoms with E-state index in [0.29, 0.717) is 36.2 Å². The highest BCUT2D eigenvalue weighted by Crippen LogP contribution is 2.34. The molecule has 7 nitrogen and oxygen atoms in total. The third kappa shape index (κ3) is 5.68. The number of guanidine groups is 1. The van der Waals surface area contributed by atoms with E-state index in [1.165, 1.54) is 13.2 Å². The van der Waals surface area contributed by atoms with Gasteiger partial charge in [0.2, 0.25) is 0 Å². The Morgan fingerprint density at radius 3 is 2.10 bits per heavy atom. The molecule has 0 radical (unpaired) electrons. The predicted octanol–water partition coefficient (Wildman–Crippen LogP) is 3.33. The molecule has 0 aliphatic heterocycles. The van der Waals surface area contributed by atoms with Gasteiger partial charge in [-0.25, -0.2) is 4.39 Å². The maximum Gasteiger partial charge on any atom is 0.191 e. The molecule has 0 saturated heterocycles. The Labute approximate surface area is 177 Å². The fourth-order valence-corrected chi connectivity index (χ4v) is 3.07. The van der Waals surface area contributed by atoms with Crippen molar-refractivity contribution in [3.8, 4) is 23.0 Å². The molecule has 30 heavy (non-hydrogen) atoms. The standard InChI is InChI=1S/C22H30FN3O4/c1-14(15-7-8-19(28-4)18(23)11-15)26-22(24-2)25-10-9-17-20(29-5)12-16(27-3)13-21(17)30-6/h7-8,11-14H,9-10H2,1-6H3,(H2,24,25,26). The van der Waals surface area contributed by atoms with E-state index in [4.69, 9.17) is 18.9 Å². The highest BCUT2D eigenvalue weighted by molar-refractivity contribution is 5.80. The van der Waals surface area contributed by atoms with Gasteiger partial charge in [-0.2, -0.15) is 0 Å². The van der Waals surface area contributed by atoms with E-state index < -0.39 is 5.82 Å². The van der Waals surface area contributed by atoms with Crippen LogP contribution in [0.4, 0.5) is 4.39 Å². The van der Waals surface area contributed by atoms with Crippen molar-refractivity contribution in [2.45, 2.75) is 19.4 Å². The highest BCUT2D eigenvalue weighted by atomic mass is 19.1. The molecule has 0 aliphatic carbocycles. The molecule has 164 valence electrons. The Kier molecular flexibility index (Phi) is 8.58. The molecule has 0 fully saturated rings. The molecule has 0 saturated carbocycles. The van der Waals surface area contributed by atoms with Gasteiger partial charge in [0.1, 0.15) is 17.2 Å². The molecule has 2 aromatic carbocycles. The molecule has 0 aromatic heterocycles. The molecule has 2 rings (SSSR count). The van der Waals surface area contributed by atoms with Crippen molar-refractivity contribution in [1.29, 1.82) is 0 Å². The van der Waals surface area contributed by atoms with Gasteiger partial charge in [0.25, 0.3) is 0 Å². The largest absolute Gasteiger partial charge is 0.496 e. The van der Waals surface area contributed by atoms with Crippen LogP contribution in [0.5, 0.6) is 23.0 Å². The summed E-state index contributed by atoms with van der Waals surface area (Å²) in [6.45, 7) is 2.52. The summed E-state index contributed by atoms with van der Waals surface area (Å²) >= 11 is 0. The summed E-state index contributed by atoms with van der Waals surface area (Å²) in [5.74, 6) is 2.47. The number of nitrogens with zero attached hydrogens (tertiary/aromatic N) is 1. The van der Waals surface area contributed by atoms with Gasteiger partial charge in [-0.1, -0.05) is 6.07 Å². The first-order valence-corrected chi connectivity index (χ1v) is 9.56. The molecule has 1 unspecified atom stereocenters. The molecule has 2 aromatic rings. The zero-order valence-electron chi connectivity index (χ0n) is 18.3. The molecule has 0 amide bonds. The molecular formula is C22H30FN3O4. The summed E-state index contributed by atoms with van der Waals surface area (Å²) in [6, 6.07) is 8.38. The number of methoxy groups -OCH3 is 4. The zero-order valence-corrected chi connectivity index (χ0v) is 18.3. The van der Waals surface area contributed by atoms with Crippen molar-refractivity contribution >= 4 is 5.96 Å². The smallest absolute Gasteiger partial charge is 0.191 e. The van der Waals surface area contributed by atoms with Crippen molar-refractivity contribution in [1.82, 2.24) is 10.6 Å². The van der Waals surface area contributed by atoms with Crippen molar-refractivity contribution in [3.63, 3.8) is 0 Å². The van der Waals surface area contributed by atoms with Gasteiger partial charge in [0, 0.05) is 31.3 Å². The van der Waals surface area contributed by atoms with Crippen LogP contribution in [0.25, 0.3) is 0 Å². The van der Waals surface area contributed by atoms with Gasteiger partial charge in [-0.15, -0.1) is 0 Å². The van der Waals surface area contributed by atoms with Gasteiger partial charge in [0.15, 0.2) is 17.5 Å². The van der Waals surface area contributed by atoms with Crippen LogP contribution in [0.2, 0.25) is 0 Å². The summed E-state index contributed by atoms with van der Waals surface area (Å²) in [4.78, 5) is 4.25. The second kappa shape index (κ2) is 11.1. The lowest BCUT2D eigenvalue weighted by molar-refractivity contribution is 0.368. The van der Waals surface area contributed by atoms with E-state index in [0.717, 1.165) is 11.1 Å². The van der Waals surface area contributed by atoms with Crippen molar-refractivity contribution in [2.75, 3.05) is 42.0 Å². The average Bonchev–Trinajstić information content (AvgIpc) is 2.77. The lowest BCUT2D eigenvalue weighted by Gasteiger charge is -2.20. The number of hydrogen-bond donors (Lipinski definition) is 2. The first-order valence-electron chi connectivity index (χ1n) is 9.56. The quantitative estimate of drug-likeness (QED) is 0.480. The van der Waals surface area contributed by atoms with Crippen molar-refractivity contribution in [3.05, 3.63) is 47.3 Å². The lowest BCUT2D eigenvalue weighted by Crippen LogP contribution is -2.39. The Morgan fingerprint density at radius 1 is 0.967 bits per heavy atom. The van der Waals surface area contributed by atoms with Crippen LogP contribution in [0, 0.1) is 5.82 Å². The first kappa shape index (κ1) is 23.1. The van der Waals surface area contributed by atoms with Crippen molar-refractivity contribution < 1.29 is 23.3 Å². The van der Waals surface area contributed by atoms with E-state index in [2.05, 4.69) is 15.6 Å². The molecule has 0 heterocycles. The van der Waals surface area contributed by atoms with Gasteiger partial charge in [-0.3, -0.25) is 4.99 Å². The molecular weight excluding hydrogens is 389 g/mol. The van der Waals surface area contributed by atoms with Crippen LogP contribution in [0.1, 0.15) is 24.1 Å². The third-order valence-electron chi connectivity index (χ3n) is 4.74. The van der Waals surface area contributed by atoms with Crippen LogP contribution < -0.4 is 29.6 Å². The molecule has 1 atom stereocenters. The summed E-state index contributed by atoms with van der Waals surface area (Å²) in [5, 5.41) is 6.52. The number of benzene rings is 2. The van der Waals surface area contributed by atoms with Gasteiger partial charge in [0.05, 0.1) is 34.5 Å². The van der Waals surface area contributed by atoms with Crippen LogP contribution in [0.3, 0.4) is 0 Å². The van der Waals surface area contributed by atoms with E-state index in [1.807, 2.05) is 25.1 Å². The minimum Gasteiger partial charge on any atom is -0.496 e. The topological polar surface area (TPSA) is 73.3 Å². The van der Waals surface area contributed by atoms with E-state index in [1.54, 1.807) is 34.4 Å². The number of nitrogens with one attached hydrogen (secondary N) is 2. The van der Waals surface area contributed by atoms with Crippen molar-refractivity contribution in [2.24, 2.45) is 4.99 Å². The molecule has 0 spiro atoms. The Balaban J connectivity index is 2.02. The SMILES string of the molecule is CN=C(NCCc1c(OC)cc(OC)cc1OC)NC(C)c1ccc(OC)c(F)c1. The summed E-state index contributed by atoms with van der Waals surface area (Å²) in [7, 11) is 7.95. The highest BCUT2D eigenvalue weighted by Gasteiger charge is 2.14. The van der Waals surface area contributed by atoms with Crippen LogP contribution in [-0.4, -0.2) is 48.0 Å². The van der Waals surface area contributed by atoms with Gasteiger partial charge in [-0.05, 0) is 31.0 Å². The summed E-state index contributed by atoms with van der Waals surface area (Å²) in [6.07, 6.45) is 0.641. The van der Waals surface area contributed by atoms with Gasteiger partial charge >= 0.3 is 0 Å². The Bertz CT molecular complexity index is 848. The zero-order chi connectivity index (χ0) is 22.1.